The average Bonchev–Trinajstić information content (AvgIpc) is 2.84. The van der Waals surface area contributed by atoms with Crippen molar-refractivity contribution in [3.05, 3.63) is 12.4 Å². The number of hydrogen-bond acceptors (Lipinski definition) is 5. The molecular weight excluding hydrogens is 367 g/mol. The summed E-state index contributed by atoms with van der Waals surface area (Å²) in [6, 6.07) is 0. The zero-order valence-electron chi connectivity index (χ0n) is 15.7. The average molecular weight is 391 g/mol. The number of halogens is 3. The first kappa shape index (κ1) is 19.8. The summed E-state index contributed by atoms with van der Waals surface area (Å²) in [6.45, 7) is 6.32. The number of nitrogens with zero attached hydrogens (tertiary/aromatic N) is 2. The highest BCUT2D eigenvalue weighted by molar-refractivity contribution is 5.70. The van der Waals surface area contributed by atoms with Crippen molar-refractivity contribution in [1.29, 1.82) is 0 Å². The van der Waals surface area contributed by atoms with E-state index in [1.165, 1.54) is 13.1 Å². The number of alkyl halides is 3. The topological polar surface area (TPSA) is 74.6 Å². The molecule has 0 aliphatic heterocycles. The molecule has 1 aromatic heterocycles. The third-order valence-electron chi connectivity index (χ3n) is 4.63. The molecular formula is C17H24F3N3O4. The molecule has 1 amide bonds. The number of carbonyl (C=O) groups is 1. The van der Waals surface area contributed by atoms with Crippen molar-refractivity contribution in [3.63, 3.8) is 0 Å². The fraction of sp³-hybridized carbons (Fsp3) is 0.765. The Morgan fingerprint density at radius 1 is 1.33 bits per heavy atom. The number of ether oxygens (including phenoxy) is 3. The van der Waals surface area contributed by atoms with Crippen LogP contribution < -0.4 is 10.1 Å². The largest absolute Gasteiger partial charge is 0.522 e. The predicted molar refractivity (Wildman–Crippen MR) is 88.2 cm³/mol. The minimum atomic E-state index is -4.68. The van der Waals surface area contributed by atoms with Gasteiger partial charge in [-0.05, 0) is 47.0 Å². The van der Waals surface area contributed by atoms with Gasteiger partial charge in [-0.15, -0.1) is 13.2 Å². The smallest absolute Gasteiger partial charge is 0.485 e. The van der Waals surface area contributed by atoms with Gasteiger partial charge in [-0.1, -0.05) is 0 Å². The normalized spacial score (nSPS) is 28.0. The first-order chi connectivity index (χ1) is 12.3. The van der Waals surface area contributed by atoms with E-state index in [2.05, 4.69) is 15.2 Å². The van der Waals surface area contributed by atoms with Gasteiger partial charge in [0.1, 0.15) is 11.7 Å². The van der Waals surface area contributed by atoms with Crippen LogP contribution in [0.3, 0.4) is 0 Å². The molecule has 1 atom stereocenters. The van der Waals surface area contributed by atoms with Crippen LogP contribution in [0.1, 0.15) is 47.0 Å². The van der Waals surface area contributed by atoms with Crippen molar-refractivity contribution in [2.45, 2.75) is 76.1 Å². The Bertz CT molecular complexity index is 691. The van der Waals surface area contributed by atoms with Crippen molar-refractivity contribution >= 4 is 6.09 Å². The molecule has 0 spiro atoms. The predicted octanol–water partition coefficient (Wildman–Crippen LogP) is 3.34. The maximum absolute atomic E-state index is 12.1. The van der Waals surface area contributed by atoms with Gasteiger partial charge in [0.25, 0.3) is 0 Å². The second-order valence-electron chi connectivity index (χ2n) is 8.47. The molecule has 0 radical (unpaired) electrons. The minimum Gasteiger partial charge on any atom is -0.485 e. The van der Waals surface area contributed by atoms with E-state index in [1.807, 2.05) is 20.8 Å². The molecule has 10 heteroatoms. The van der Waals surface area contributed by atoms with Crippen LogP contribution in [0.2, 0.25) is 0 Å². The second-order valence-corrected chi connectivity index (χ2v) is 8.47. The Balaban J connectivity index is 1.48. The molecule has 0 unspecified atom stereocenters. The SMILES string of the molecule is C[C@@H](COC(F)(F)F)Oc1cnn(C23CC(NC(=O)OC(C)(C)C)(C2)C3)c1. The van der Waals surface area contributed by atoms with E-state index in [9.17, 15) is 18.0 Å². The molecule has 4 rings (SSSR count). The highest BCUT2D eigenvalue weighted by Gasteiger charge is 2.70. The van der Waals surface area contributed by atoms with E-state index in [4.69, 9.17) is 9.47 Å². The summed E-state index contributed by atoms with van der Waals surface area (Å²) < 4.78 is 52.4. The minimum absolute atomic E-state index is 0.178. The lowest BCUT2D eigenvalue weighted by atomic mass is 9.44. The van der Waals surface area contributed by atoms with Crippen molar-refractivity contribution in [1.82, 2.24) is 15.1 Å². The maximum Gasteiger partial charge on any atom is 0.522 e. The molecule has 7 nitrogen and oxygen atoms in total. The lowest BCUT2D eigenvalue weighted by Gasteiger charge is -2.69. The van der Waals surface area contributed by atoms with Crippen LogP contribution in [-0.2, 0) is 15.0 Å². The zero-order chi connectivity index (χ0) is 20.1. The number of aromatic nitrogens is 2. The van der Waals surface area contributed by atoms with Gasteiger partial charge in [-0.3, -0.25) is 9.42 Å². The fourth-order valence-corrected chi connectivity index (χ4v) is 3.73. The van der Waals surface area contributed by atoms with E-state index in [0.717, 1.165) is 19.3 Å². The first-order valence-corrected chi connectivity index (χ1v) is 8.74. The number of amides is 1. The number of alkyl carbamates (subject to hydrolysis) is 1. The van der Waals surface area contributed by atoms with E-state index < -0.39 is 30.8 Å². The zero-order valence-corrected chi connectivity index (χ0v) is 15.7. The maximum atomic E-state index is 12.1. The molecule has 2 bridgehead atoms. The summed E-state index contributed by atoms with van der Waals surface area (Å²) in [5, 5.41) is 7.19. The van der Waals surface area contributed by atoms with Gasteiger partial charge < -0.3 is 14.8 Å². The number of hydrogen-bond donors (Lipinski definition) is 1. The molecule has 0 aromatic carbocycles. The van der Waals surface area contributed by atoms with Crippen LogP contribution in [0, 0.1) is 0 Å². The quantitative estimate of drug-likeness (QED) is 0.805. The first-order valence-electron chi connectivity index (χ1n) is 8.74. The van der Waals surface area contributed by atoms with Crippen LogP contribution in [0.4, 0.5) is 18.0 Å². The Kier molecular flexibility index (Phi) is 4.61. The molecule has 0 saturated heterocycles. The van der Waals surface area contributed by atoms with Gasteiger partial charge in [0.15, 0.2) is 5.75 Å². The lowest BCUT2D eigenvalue weighted by Crippen LogP contribution is -2.79. The van der Waals surface area contributed by atoms with E-state index in [-0.39, 0.29) is 11.1 Å². The van der Waals surface area contributed by atoms with Gasteiger partial charge in [0.2, 0.25) is 0 Å². The van der Waals surface area contributed by atoms with Gasteiger partial charge in [-0.2, -0.15) is 5.10 Å². The highest BCUT2D eigenvalue weighted by Crippen LogP contribution is 2.65. The van der Waals surface area contributed by atoms with Gasteiger partial charge >= 0.3 is 12.5 Å². The second kappa shape index (κ2) is 6.29. The Labute approximate surface area is 155 Å². The molecule has 152 valence electrons. The molecule has 1 heterocycles. The molecule has 3 aliphatic carbocycles. The third-order valence-corrected chi connectivity index (χ3v) is 4.63. The summed E-state index contributed by atoms with van der Waals surface area (Å²) in [5.74, 6) is 0.382. The molecule has 1 N–H and O–H groups in total. The molecule has 3 saturated carbocycles. The summed E-state index contributed by atoms with van der Waals surface area (Å²) in [6.07, 6.45) is -0.550. The Morgan fingerprint density at radius 3 is 2.52 bits per heavy atom. The molecule has 1 aromatic rings. The van der Waals surface area contributed by atoms with E-state index in [0.29, 0.717) is 5.75 Å². The number of rotatable bonds is 6. The number of carbonyl (C=O) groups excluding carboxylic acids is 1. The van der Waals surface area contributed by atoms with Gasteiger partial charge in [0.05, 0.1) is 30.1 Å². The van der Waals surface area contributed by atoms with Crippen molar-refractivity contribution in [2.24, 2.45) is 0 Å². The van der Waals surface area contributed by atoms with Crippen LogP contribution in [-0.4, -0.2) is 46.1 Å². The monoisotopic (exact) mass is 391 g/mol. The van der Waals surface area contributed by atoms with E-state index >= 15 is 0 Å². The Morgan fingerprint density at radius 2 is 1.96 bits per heavy atom. The highest BCUT2D eigenvalue weighted by atomic mass is 19.4. The summed E-state index contributed by atoms with van der Waals surface area (Å²) >= 11 is 0. The summed E-state index contributed by atoms with van der Waals surface area (Å²) in [5.41, 5.74) is -0.989. The number of nitrogens with one attached hydrogen (secondary N) is 1. The standard InChI is InChI=1S/C17H24F3N3O4/c1-11(7-25-17(18,19)20)26-12-5-21-23(6-12)16-8-15(9-16,10-16)22-13(24)27-14(2,3)4/h5-6,11H,7-10H2,1-4H3,(H,22,24)/t11-,15?,16?/m0/s1. The summed E-state index contributed by atoms with van der Waals surface area (Å²) in [7, 11) is 0. The van der Waals surface area contributed by atoms with E-state index in [1.54, 1.807) is 10.9 Å². The van der Waals surface area contributed by atoms with Crippen LogP contribution >= 0.6 is 0 Å². The molecule has 27 heavy (non-hydrogen) atoms. The lowest BCUT2D eigenvalue weighted by molar-refractivity contribution is -0.329. The van der Waals surface area contributed by atoms with Crippen LogP contribution in [0.15, 0.2) is 12.4 Å². The van der Waals surface area contributed by atoms with Crippen LogP contribution in [0.5, 0.6) is 5.75 Å². The van der Waals surface area contributed by atoms with Gasteiger partial charge in [0, 0.05) is 0 Å². The third kappa shape index (κ3) is 4.48. The molecule has 3 fully saturated rings. The fourth-order valence-electron chi connectivity index (χ4n) is 3.73. The van der Waals surface area contributed by atoms with Crippen molar-refractivity contribution in [2.75, 3.05) is 6.61 Å². The Hall–Kier alpha value is -1.97. The molecule has 3 aliphatic rings. The van der Waals surface area contributed by atoms with Crippen LogP contribution in [0.25, 0.3) is 0 Å². The summed E-state index contributed by atoms with van der Waals surface area (Å²) in [4.78, 5) is 11.9. The van der Waals surface area contributed by atoms with Crippen molar-refractivity contribution < 1.29 is 32.2 Å². The van der Waals surface area contributed by atoms with Crippen molar-refractivity contribution in [3.8, 4) is 5.75 Å². The van der Waals surface area contributed by atoms with Gasteiger partial charge in [-0.25, -0.2) is 4.79 Å².